The van der Waals surface area contributed by atoms with Gasteiger partial charge >= 0.3 is 0 Å². The first-order valence-electron chi connectivity index (χ1n) is 3.12. The van der Waals surface area contributed by atoms with Crippen LogP contribution in [0.2, 0.25) is 4.34 Å². The number of nitrogens with zero attached hydrogens (tertiary/aromatic N) is 1. The van der Waals surface area contributed by atoms with Crippen LogP contribution in [0.25, 0.3) is 0 Å². The lowest BCUT2D eigenvalue weighted by atomic mass is 10.6. The Morgan fingerprint density at radius 2 is 2.50 bits per heavy atom. The third-order valence-electron chi connectivity index (χ3n) is 1.06. The van der Waals surface area contributed by atoms with Crippen LogP contribution in [0.3, 0.4) is 0 Å². The molecule has 1 N–H and O–H groups in total. The summed E-state index contributed by atoms with van der Waals surface area (Å²) in [6, 6.07) is 0. The van der Waals surface area contributed by atoms with Crippen LogP contribution in [-0.2, 0) is 9.22 Å². The fraction of sp³-hybridized carbons (Fsp3) is 0.333. The molecule has 0 fully saturated rings. The van der Waals surface area contributed by atoms with Crippen LogP contribution < -0.4 is 5.32 Å². The number of thiazole rings is 1. The Bertz CT molecular complexity index is 302. The minimum atomic E-state index is -0.125. The summed E-state index contributed by atoms with van der Waals surface area (Å²) in [6.07, 6.45) is 0. The van der Waals surface area contributed by atoms with Crippen LogP contribution in [0, 0.1) is 0 Å². The molecule has 0 aliphatic carbocycles. The van der Waals surface area contributed by atoms with E-state index in [1.165, 1.54) is 18.3 Å². The molecule has 0 atom stereocenters. The van der Waals surface area contributed by atoms with Gasteiger partial charge in [-0.1, -0.05) is 45.5 Å². The minimum absolute atomic E-state index is 0.125. The quantitative estimate of drug-likeness (QED) is 0.673. The second-order valence-electron chi connectivity index (χ2n) is 2.05. The van der Waals surface area contributed by atoms with Gasteiger partial charge in [-0.15, -0.1) is 0 Å². The van der Waals surface area contributed by atoms with Gasteiger partial charge in [0.1, 0.15) is 4.34 Å². The van der Waals surface area contributed by atoms with Gasteiger partial charge in [-0.05, 0) is 0 Å². The number of amides is 1. The molecule has 1 rings (SSSR count). The highest BCUT2D eigenvalue weighted by atomic mass is 127. The monoisotopic (exact) mass is 316 g/mol. The molecular formula is C6H6ClIN2OS. The summed E-state index contributed by atoms with van der Waals surface area (Å²) in [7, 11) is 0. The molecule has 6 heteroatoms. The summed E-state index contributed by atoms with van der Waals surface area (Å²) in [5, 5.41) is 3.15. The molecule has 1 heterocycles. The predicted molar refractivity (Wildman–Crippen MR) is 59.2 cm³/mol. The van der Waals surface area contributed by atoms with Crippen molar-refractivity contribution in [3.05, 3.63) is 10.0 Å². The molecule has 0 unspecified atom stereocenters. The average Bonchev–Trinajstić information content (AvgIpc) is 2.29. The highest BCUT2D eigenvalue weighted by molar-refractivity contribution is 14.1. The lowest BCUT2D eigenvalue weighted by molar-refractivity contribution is -0.114. The molecule has 0 aliphatic rings. The van der Waals surface area contributed by atoms with Crippen LogP contribution >= 0.6 is 45.5 Å². The molecule has 1 amide bonds. The van der Waals surface area contributed by atoms with Crippen LogP contribution in [-0.4, -0.2) is 10.9 Å². The first kappa shape index (κ1) is 10.2. The van der Waals surface area contributed by atoms with Gasteiger partial charge in [-0.3, -0.25) is 4.79 Å². The number of nitrogens with one attached hydrogen (secondary N) is 1. The molecule has 0 saturated heterocycles. The molecule has 66 valence electrons. The zero-order chi connectivity index (χ0) is 9.14. The van der Waals surface area contributed by atoms with Gasteiger partial charge in [0.15, 0.2) is 5.13 Å². The van der Waals surface area contributed by atoms with Gasteiger partial charge in [-0.25, -0.2) is 4.98 Å². The summed E-state index contributed by atoms with van der Waals surface area (Å²) < 4.78 is 1.40. The van der Waals surface area contributed by atoms with E-state index >= 15 is 0 Å². The van der Waals surface area contributed by atoms with E-state index in [1.54, 1.807) is 0 Å². The Labute approximate surface area is 92.7 Å². The smallest absolute Gasteiger partial charge is 0.223 e. The normalized spacial score (nSPS) is 9.92. The van der Waals surface area contributed by atoms with E-state index in [9.17, 15) is 4.79 Å². The summed E-state index contributed by atoms with van der Waals surface area (Å²) in [6.45, 7) is 1.44. The van der Waals surface area contributed by atoms with Gasteiger partial charge in [-0.2, -0.15) is 0 Å². The van der Waals surface area contributed by atoms with Crippen molar-refractivity contribution in [3.8, 4) is 0 Å². The topological polar surface area (TPSA) is 42.0 Å². The molecule has 1 aromatic rings. The standard InChI is InChI=1S/C6H6ClIN2OS/c1-3(11)9-6-10-4(2-8)5(7)12-6/h2H2,1H3,(H,9,10,11). The molecule has 0 aliphatic heterocycles. The Morgan fingerprint density at radius 1 is 1.83 bits per heavy atom. The van der Waals surface area contributed by atoms with E-state index in [-0.39, 0.29) is 5.91 Å². The molecule has 12 heavy (non-hydrogen) atoms. The zero-order valence-corrected chi connectivity index (χ0v) is 9.96. The van der Waals surface area contributed by atoms with Crippen LogP contribution in [0.15, 0.2) is 0 Å². The van der Waals surface area contributed by atoms with Crippen molar-refractivity contribution in [2.75, 3.05) is 5.32 Å². The Hall–Kier alpha value is 0.120. The van der Waals surface area contributed by atoms with E-state index in [2.05, 4.69) is 32.9 Å². The molecule has 0 radical (unpaired) electrons. The van der Waals surface area contributed by atoms with Crippen molar-refractivity contribution < 1.29 is 4.79 Å². The van der Waals surface area contributed by atoms with Crippen LogP contribution in [0.1, 0.15) is 12.6 Å². The number of aromatic nitrogens is 1. The number of halogens is 2. The van der Waals surface area contributed by atoms with Gasteiger partial charge in [0.25, 0.3) is 0 Å². The first-order chi connectivity index (χ1) is 5.63. The van der Waals surface area contributed by atoms with E-state index in [0.29, 0.717) is 9.47 Å². The fourth-order valence-electron chi connectivity index (χ4n) is 0.620. The number of anilines is 1. The lowest BCUT2D eigenvalue weighted by Gasteiger charge is -1.91. The fourth-order valence-corrected chi connectivity index (χ4v) is 2.74. The Morgan fingerprint density at radius 3 is 2.92 bits per heavy atom. The lowest BCUT2D eigenvalue weighted by Crippen LogP contribution is -2.05. The zero-order valence-electron chi connectivity index (χ0n) is 6.23. The third-order valence-corrected chi connectivity index (χ3v) is 3.03. The highest BCUT2D eigenvalue weighted by Gasteiger charge is 2.08. The van der Waals surface area contributed by atoms with Crippen molar-refractivity contribution in [2.24, 2.45) is 0 Å². The summed E-state index contributed by atoms with van der Waals surface area (Å²) in [5.74, 6) is -0.125. The van der Waals surface area contributed by atoms with Gasteiger partial charge in [0.05, 0.1) is 5.69 Å². The molecule has 3 nitrogen and oxygen atoms in total. The van der Waals surface area contributed by atoms with Gasteiger partial charge < -0.3 is 5.32 Å². The molecular weight excluding hydrogens is 311 g/mol. The number of carbonyl (C=O) groups excluding carboxylic acids is 1. The van der Waals surface area contributed by atoms with Crippen LogP contribution in [0.4, 0.5) is 5.13 Å². The third kappa shape index (κ3) is 2.56. The summed E-state index contributed by atoms with van der Waals surface area (Å²) in [4.78, 5) is 14.7. The number of hydrogen-bond donors (Lipinski definition) is 1. The maximum absolute atomic E-state index is 10.6. The van der Waals surface area contributed by atoms with Crippen molar-refractivity contribution in [1.29, 1.82) is 0 Å². The Kier molecular flexibility index (Phi) is 3.73. The van der Waals surface area contributed by atoms with E-state index in [0.717, 1.165) is 10.1 Å². The van der Waals surface area contributed by atoms with E-state index < -0.39 is 0 Å². The summed E-state index contributed by atoms with van der Waals surface area (Å²) in [5.41, 5.74) is 0.825. The first-order valence-corrected chi connectivity index (χ1v) is 5.84. The van der Waals surface area contributed by atoms with Gasteiger partial charge in [0.2, 0.25) is 5.91 Å². The van der Waals surface area contributed by atoms with Crippen LogP contribution in [0.5, 0.6) is 0 Å². The molecule has 0 aromatic carbocycles. The predicted octanol–water partition coefficient (Wildman–Crippen LogP) is 2.69. The maximum Gasteiger partial charge on any atom is 0.223 e. The van der Waals surface area contributed by atoms with E-state index in [4.69, 9.17) is 11.6 Å². The number of hydrogen-bond acceptors (Lipinski definition) is 3. The van der Waals surface area contributed by atoms with Crippen molar-refractivity contribution in [3.63, 3.8) is 0 Å². The number of rotatable bonds is 2. The Balaban J connectivity index is 2.82. The number of carbonyl (C=O) groups is 1. The highest BCUT2D eigenvalue weighted by Crippen LogP contribution is 2.29. The second kappa shape index (κ2) is 4.38. The largest absolute Gasteiger partial charge is 0.302 e. The maximum atomic E-state index is 10.6. The van der Waals surface area contributed by atoms with Crippen molar-refractivity contribution in [2.45, 2.75) is 11.4 Å². The van der Waals surface area contributed by atoms with Crippen molar-refractivity contribution in [1.82, 2.24) is 4.98 Å². The van der Waals surface area contributed by atoms with Gasteiger partial charge in [0, 0.05) is 11.4 Å². The minimum Gasteiger partial charge on any atom is -0.302 e. The molecule has 1 aromatic heterocycles. The summed E-state index contributed by atoms with van der Waals surface area (Å²) >= 11 is 9.29. The molecule has 0 saturated carbocycles. The average molecular weight is 317 g/mol. The SMILES string of the molecule is CC(=O)Nc1nc(CI)c(Cl)s1. The van der Waals surface area contributed by atoms with Crippen molar-refractivity contribution >= 4 is 56.6 Å². The second-order valence-corrected chi connectivity index (χ2v) is 4.42. The molecule has 0 bridgehead atoms. The van der Waals surface area contributed by atoms with E-state index in [1.807, 2.05) is 0 Å². The molecule has 0 spiro atoms. The number of alkyl halides is 1.